The Morgan fingerprint density at radius 2 is 1.78 bits per heavy atom. The molecule has 3 fully saturated rings. The molecule has 32 heavy (non-hydrogen) atoms. The standard InChI is InChI=1S/C23H29F2N3O4/c1-13(14-5-3-2-4-6-14)26-23(31)32-16-11-28(12-16)15-9-18(24)21(19(25)10-15)17-7-8-20(29)27-22(17)30/h9-10,13-14,16-17H,2-8,11-12H2,1H3,(H,26,31)(H,27,29,30)/t13-,17?/m1/s1. The van der Waals surface area contributed by atoms with Crippen LogP contribution in [0, 0.1) is 17.6 Å². The summed E-state index contributed by atoms with van der Waals surface area (Å²) in [5.74, 6) is -3.31. The van der Waals surface area contributed by atoms with Crippen molar-refractivity contribution < 1.29 is 27.9 Å². The molecule has 0 bridgehead atoms. The number of imide groups is 1. The molecule has 1 aromatic rings. The van der Waals surface area contributed by atoms with E-state index in [-0.39, 0.29) is 30.6 Å². The molecule has 2 N–H and O–H groups in total. The van der Waals surface area contributed by atoms with Crippen LogP contribution in [0.4, 0.5) is 19.3 Å². The van der Waals surface area contributed by atoms with E-state index in [0.717, 1.165) is 12.8 Å². The normalized spacial score (nSPS) is 23.3. The summed E-state index contributed by atoms with van der Waals surface area (Å²) in [6, 6.07) is 2.43. The van der Waals surface area contributed by atoms with Crippen LogP contribution in [-0.2, 0) is 14.3 Å². The summed E-state index contributed by atoms with van der Waals surface area (Å²) in [6.45, 7) is 2.67. The third kappa shape index (κ3) is 4.86. The first-order chi connectivity index (χ1) is 15.3. The van der Waals surface area contributed by atoms with Crippen LogP contribution in [0.25, 0.3) is 0 Å². The second-order valence-corrected chi connectivity index (χ2v) is 9.09. The monoisotopic (exact) mass is 449 g/mol. The minimum Gasteiger partial charge on any atom is -0.442 e. The fraction of sp³-hybridized carbons (Fsp3) is 0.609. The molecule has 2 heterocycles. The first-order valence-corrected chi connectivity index (χ1v) is 11.4. The maximum atomic E-state index is 14.7. The maximum Gasteiger partial charge on any atom is 0.407 e. The van der Waals surface area contributed by atoms with Gasteiger partial charge in [0.05, 0.1) is 19.0 Å². The van der Waals surface area contributed by atoms with Crippen molar-refractivity contribution in [1.29, 1.82) is 0 Å². The van der Waals surface area contributed by atoms with E-state index in [9.17, 15) is 23.2 Å². The lowest BCUT2D eigenvalue weighted by Gasteiger charge is -2.40. The van der Waals surface area contributed by atoms with Gasteiger partial charge in [-0.1, -0.05) is 19.3 Å². The van der Waals surface area contributed by atoms with Crippen molar-refractivity contribution >= 4 is 23.6 Å². The van der Waals surface area contributed by atoms with Crippen molar-refractivity contribution in [3.8, 4) is 0 Å². The molecule has 1 unspecified atom stereocenters. The maximum absolute atomic E-state index is 14.7. The molecule has 4 rings (SSSR count). The van der Waals surface area contributed by atoms with Crippen LogP contribution >= 0.6 is 0 Å². The molecular weight excluding hydrogens is 420 g/mol. The Bertz CT molecular complexity index is 874. The van der Waals surface area contributed by atoms with E-state index in [4.69, 9.17) is 4.74 Å². The number of benzene rings is 1. The zero-order valence-corrected chi connectivity index (χ0v) is 18.2. The van der Waals surface area contributed by atoms with Crippen LogP contribution in [0.5, 0.6) is 0 Å². The van der Waals surface area contributed by atoms with E-state index in [2.05, 4.69) is 10.6 Å². The quantitative estimate of drug-likeness (QED) is 0.673. The van der Waals surface area contributed by atoms with Gasteiger partial charge in [-0.3, -0.25) is 14.9 Å². The molecule has 2 saturated heterocycles. The lowest BCUT2D eigenvalue weighted by molar-refractivity contribution is -0.134. The predicted octanol–water partition coefficient (Wildman–Crippen LogP) is 3.37. The number of alkyl carbamates (subject to hydrolysis) is 1. The third-order valence-electron chi connectivity index (χ3n) is 6.84. The van der Waals surface area contributed by atoms with Crippen LogP contribution in [-0.4, -0.2) is 43.1 Å². The van der Waals surface area contributed by atoms with Gasteiger partial charge in [0.15, 0.2) is 0 Å². The highest BCUT2D eigenvalue weighted by molar-refractivity contribution is 6.01. The molecule has 1 saturated carbocycles. The van der Waals surface area contributed by atoms with Crippen molar-refractivity contribution in [1.82, 2.24) is 10.6 Å². The molecule has 2 aliphatic heterocycles. The molecule has 3 amide bonds. The lowest BCUT2D eigenvalue weighted by atomic mass is 9.85. The molecular formula is C23H29F2N3O4. The predicted molar refractivity (Wildman–Crippen MR) is 113 cm³/mol. The Morgan fingerprint density at radius 1 is 1.12 bits per heavy atom. The highest BCUT2D eigenvalue weighted by Gasteiger charge is 2.35. The highest BCUT2D eigenvalue weighted by atomic mass is 19.1. The number of hydrogen-bond donors (Lipinski definition) is 2. The number of carbonyl (C=O) groups is 3. The third-order valence-corrected chi connectivity index (χ3v) is 6.84. The number of anilines is 1. The smallest absolute Gasteiger partial charge is 0.407 e. The number of carbonyl (C=O) groups excluding carboxylic acids is 3. The van der Waals surface area contributed by atoms with E-state index in [1.165, 1.54) is 31.4 Å². The molecule has 1 aromatic carbocycles. The number of piperidine rings is 1. The summed E-state index contributed by atoms with van der Waals surface area (Å²) < 4.78 is 34.8. The van der Waals surface area contributed by atoms with E-state index >= 15 is 0 Å². The number of nitrogens with one attached hydrogen (secondary N) is 2. The SMILES string of the molecule is C[C@@H](NC(=O)OC1CN(c2cc(F)c(C3CCC(=O)NC3=O)c(F)c2)C1)C1CCCCC1. The van der Waals surface area contributed by atoms with Crippen molar-refractivity contribution in [3.05, 3.63) is 29.3 Å². The average Bonchev–Trinajstić information content (AvgIpc) is 2.72. The van der Waals surface area contributed by atoms with Crippen LogP contribution in [0.3, 0.4) is 0 Å². The van der Waals surface area contributed by atoms with Gasteiger partial charge in [0.2, 0.25) is 11.8 Å². The van der Waals surface area contributed by atoms with Crippen molar-refractivity contribution in [2.75, 3.05) is 18.0 Å². The van der Waals surface area contributed by atoms with Gasteiger partial charge in [-0.25, -0.2) is 13.6 Å². The van der Waals surface area contributed by atoms with Gasteiger partial charge in [0.1, 0.15) is 17.7 Å². The summed E-state index contributed by atoms with van der Waals surface area (Å²) in [5, 5.41) is 5.04. The first-order valence-electron chi connectivity index (χ1n) is 11.4. The Balaban J connectivity index is 1.30. The van der Waals surface area contributed by atoms with Gasteiger partial charge in [-0.05, 0) is 44.2 Å². The average molecular weight is 449 g/mol. The molecule has 0 aromatic heterocycles. The van der Waals surface area contributed by atoms with Gasteiger partial charge in [0, 0.05) is 23.7 Å². The van der Waals surface area contributed by atoms with E-state index in [1.807, 2.05) is 6.92 Å². The number of hydrogen-bond acceptors (Lipinski definition) is 5. The minimum absolute atomic E-state index is 0.0452. The van der Waals surface area contributed by atoms with Gasteiger partial charge in [-0.15, -0.1) is 0 Å². The molecule has 9 heteroatoms. The zero-order valence-electron chi connectivity index (χ0n) is 18.2. The van der Waals surface area contributed by atoms with Crippen molar-refractivity contribution in [2.24, 2.45) is 5.92 Å². The second-order valence-electron chi connectivity index (χ2n) is 9.09. The van der Waals surface area contributed by atoms with Crippen molar-refractivity contribution in [2.45, 2.75) is 69.9 Å². The van der Waals surface area contributed by atoms with Crippen LogP contribution in [0.2, 0.25) is 0 Å². The highest BCUT2D eigenvalue weighted by Crippen LogP contribution is 2.33. The van der Waals surface area contributed by atoms with Crippen LogP contribution in [0.15, 0.2) is 12.1 Å². The Labute approximate surface area is 185 Å². The molecule has 0 spiro atoms. The number of amides is 3. The zero-order chi connectivity index (χ0) is 22.8. The summed E-state index contributed by atoms with van der Waals surface area (Å²) in [5.41, 5.74) is 0.00928. The summed E-state index contributed by atoms with van der Waals surface area (Å²) in [4.78, 5) is 37.2. The topological polar surface area (TPSA) is 87.7 Å². The number of nitrogens with zero attached hydrogens (tertiary/aromatic N) is 1. The molecule has 174 valence electrons. The molecule has 7 nitrogen and oxygen atoms in total. The van der Waals surface area contributed by atoms with Gasteiger partial charge in [0.25, 0.3) is 0 Å². The summed E-state index contributed by atoms with van der Waals surface area (Å²) >= 11 is 0. The molecule has 2 atom stereocenters. The Hall–Kier alpha value is -2.71. The minimum atomic E-state index is -1.02. The van der Waals surface area contributed by atoms with Gasteiger partial charge >= 0.3 is 6.09 Å². The summed E-state index contributed by atoms with van der Waals surface area (Å²) in [7, 11) is 0. The van der Waals surface area contributed by atoms with Crippen LogP contribution in [0.1, 0.15) is 63.4 Å². The van der Waals surface area contributed by atoms with Gasteiger partial charge in [-0.2, -0.15) is 0 Å². The lowest BCUT2D eigenvalue weighted by Crippen LogP contribution is -2.54. The largest absolute Gasteiger partial charge is 0.442 e. The Morgan fingerprint density at radius 3 is 2.41 bits per heavy atom. The fourth-order valence-corrected chi connectivity index (χ4v) is 4.90. The number of halogens is 2. The van der Waals surface area contributed by atoms with E-state index in [1.54, 1.807) is 4.90 Å². The molecule has 1 aliphatic carbocycles. The first kappa shape index (κ1) is 22.5. The molecule has 0 radical (unpaired) electrons. The van der Waals surface area contributed by atoms with E-state index < -0.39 is 35.5 Å². The van der Waals surface area contributed by atoms with Crippen LogP contribution < -0.4 is 15.5 Å². The van der Waals surface area contributed by atoms with E-state index in [0.29, 0.717) is 24.7 Å². The fourth-order valence-electron chi connectivity index (χ4n) is 4.90. The Kier molecular flexibility index (Phi) is 6.62. The number of rotatable bonds is 5. The number of ether oxygens (including phenoxy) is 1. The van der Waals surface area contributed by atoms with Crippen molar-refractivity contribution in [3.63, 3.8) is 0 Å². The second kappa shape index (κ2) is 9.42. The van der Waals surface area contributed by atoms with Gasteiger partial charge < -0.3 is 15.0 Å². The summed E-state index contributed by atoms with van der Waals surface area (Å²) in [6.07, 6.45) is 5.18. The molecule has 3 aliphatic rings.